The van der Waals surface area contributed by atoms with Gasteiger partial charge in [-0.25, -0.2) is 4.98 Å². The molecule has 0 radical (unpaired) electrons. The minimum atomic E-state index is -4.73. The van der Waals surface area contributed by atoms with Gasteiger partial charge in [0.05, 0.1) is 5.52 Å². The SMILES string of the molecule is CC(=O)c1cc(C)c2cc(OC(F)(F)F)ccc2n1. The third-order valence-electron chi connectivity index (χ3n) is 2.58. The van der Waals surface area contributed by atoms with E-state index in [4.69, 9.17) is 0 Å². The van der Waals surface area contributed by atoms with Crippen LogP contribution in [-0.4, -0.2) is 17.1 Å². The summed E-state index contributed by atoms with van der Waals surface area (Å²) < 4.78 is 40.2. The Labute approximate surface area is 107 Å². The second-order valence-electron chi connectivity index (χ2n) is 4.11. The number of fused-ring (bicyclic) bond motifs is 1. The molecule has 6 heteroatoms. The molecule has 0 N–H and O–H groups in total. The van der Waals surface area contributed by atoms with E-state index < -0.39 is 6.36 Å². The fourth-order valence-electron chi connectivity index (χ4n) is 1.75. The Kier molecular flexibility index (Phi) is 3.18. The van der Waals surface area contributed by atoms with Crippen molar-refractivity contribution in [2.45, 2.75) is 20.2 Å². The Morgan fingerprint density at radius 2 is 1.95 bits per heavy atom. The van der Waals surface area contributed by atoms with E-state index in [9.17, 15) is 18.0 Å². The number of rotatable bonds is 2. The number of benzene rings is 1. The Bertz CT molecular complexity index is 650. The molecule has 0 saturated heterocycles. The highest BCUT2D eigenvalue weighted by Crippen LogP contribution is 2.27. The molecule has 2 rings (SSSR count). The molecule has 0 aliphatic rings. The van der Waals surface area contributed by atoms with Gasteiger partial charge in [0.15, 0.2) is 5.78 Å². The number of alkyl halides is 3. The van der Waals surface area contributed by atoms with Gasteiger partial charge in [-0.3, -0.25) is 4.79 Å². The maximum atomic E-state index is 12.1. The van der Waals surface area contributed by atoms with Crippen LogP contribution in [0.25, 0.3) is 10.9 Å². The van der Waals surface area contributed by atoms with Crippen molar-refractivity contribution in [3.05, 3.63) is 35.5 Å². The summed E-state index contributed by atoms with van der Waals surface area (Å²) in [7, 11) is 0. The van der Waals surface area contributed by atoms with Crippen LogP contribution in [0.15, 0.2) is 24.3 Å². The smallest absolute Gasteiger partial charge is 0.406 e. The highest BCUT2D eigenvalue weighted by molar-refractivity contribution is 5.96. The molecule has 0 atom stereocenters. The van der Waals surface area contributed by atoms with Crippen LogP contribution in [0.3, 0.4) is 0 Å². The van der Waals surface area contributed by atoms with Crippen molar-refractivity contribution in [3.63, 3.8) is 0 Å². The molecule has 2 aromatic rings. The Morgan fingerprint density at radius 3 is 2.53 bits per heavy atom. The van der Waals surface area contributed by atoms with Gasteiger partial charge in [-0.2, -0.15) is 0 Å². The summed E-state index contributed by atoms with van der Waals surface area (Å²) in [5, 5.41) is 0.520. The first-order valence-electron chi connectivity index (χ1n) is 5.44. The van der Waals surface area contributed by atoms with Crippen LogP contribution in [-0.2, 0) is 0 Å². The zero-order valence-electron chi connectivity index (χ0n) is 10.2. The third-order valence-corrected chi connectivity index (χ3v) is 2.58. The molecule has 0 amide bonds. The lowest BCUT2D eigenvalue weighted by atomic mass is 10.1. The van der Waals surface area contributed by atoms with E-state index in [0.29, 0.717) is 16.5 Å². The van der Waals surface area contributed by atoms with Gasteiger partial charge >= 0.3 is 6.36 Å². The predicted molar refractivity (Wildman–Crippen MR) is 63.2 cm³/mol. The van der Waals surface area contributed by atoms with Crippen molar-refractivity contribution in [2.24, 2.45) is 0 Å². The molecule has 0 bridgehead atoms. The largest absolute Gasteiger partial charge is 0.573 e. The van der Waals surface area contributed by atoms with Gasteiger partial charge < -0.3 is 4.74 Å². The minimum absolute atomic E-state index is 0.194. The maximum absolute atomic E-state index is 12.1. The number of ketones is 1. The van der Waals surface area contributed by atoms with Crippen LogP contribution in [0, 0.1) is 6.92 Å². The molecular formula is C13H10F3NO2. The topological polar surface area (TPSA) is 39.2 Å². The quantitative estimate of drug-likeness (QED) is 0.781. The zero-order chi connectivity index (χ0) is 14.2. The average molecular weight is 269 g/mol. The zero-order valence-corrected chi connectivity index (χ0v) is 10.2. The number of ether oxygens (including phenoxy) is 1. The van der Waals surface area contributed by atoms with Gasteiger partial charge in [0.1, 0.15) is 11.4 Å². The summed E-state index contributed by atoms with van der Waals surface area (Å²) in [6.45, 7) is 3.09. The summed E-state index contributed by atoms with van der Waals surface area (Å²) in [4.78, 5) is 15.3. The number of pyridine rings is 1. The Hall–Kier alpha value is -2.11. The van der Waals surface area contributed by atoms with Crippen molar-refractivity contribution >= 4 is 16.7 Å². The fourth-order valence-corrected chi connectivity index (χ4v) is 1.75. The number of carbonyl (C=O) groups is 1. The number of aryl methyl sites for hydroxylation is 1. The molecule has 3 nitrogen and oxygen atoms in total. The molecule has 0 spiro atoms. The van der Waals surface area contributed by atoms with Gasteiger partial charge in [0.2, 0.25) is 0 Å². The second-order valence-corrected chi connectivity index (χ2v) is 4.11. The normalized spacial score (nSPS) is 11.6. The number of hydrogen-bond donors (Lipinski definition) is 0. The van der Waals surface area contributed by atoms with Crippen LogP contribution in [0.4, 0.5) is 13.2 Å². The summed E-state index contributed by atoms with van der Waals surface area (Å²) in [6, 6.07) is 5.37. The summed E-state index contributed by atoms with van der Waals surface area (Å²) in [5.74, 6) is -0.499. The molecule has 1 aromatic carbocycles. The highest BCUT2D eigenvalue weighted by atomic mass is 19.4. The van der Waals surface area contributed by atoms with E-state index in [1.807, 2.05) is 0 Å². The predicted octanol–water partition coefficient (Wildman–Crippen LogP) is 3.64. The first-order chi connectivity index (χ1) is 8.76. The second kappa shape index (κ2) is 4.53. The summed E-state index contributed by atoms with van der Waals surface area (Å²) in [6.07, 6.45) is -4.73. The van der Waals surface area contributed by atoms with Crippen LogP contribution in [0.2, 0.25) is 0 Å². The van der Waals surface area contributed by atoms with Crippen LogP contribution >= 0.6 is 0 Å². The number of aromatic nitrogens is 1. The number of hydrogen-bond acceptors (Lipinski definition) is 3. The van der Waals surface area contributed by atoms with Crippen molar-refractivity contribution in [1.82, 2.24) is 4.98 Å². The van der Waals surface area contributed by atoms with Crippen molar-refractivity contribution in [3.8, 4) is 5.75 Å². The minimum Gasteiger partial charge on any atom is -0.406 e. The van der Waals surface area contributed by atoms with Gasteiger partial charge in [-0.1, -0.05) is 0 Å². The average Bonchev–Trinajstić information content (AvgIpc) is 2.27. The molecule has 0 aliphatic carbocycles. The van der Waals surface area contributed by atoms with E-state index in [2.05, 4.69) is 9.72 Å². The number of nitrogens with zero attached hydrogens (tertiary/aromatic N) is 1. The van der Waals surface area contributed by atoms with Crippen molar-refractivity contribution in [1.29, 1.82) is 0 Å². The Morgan fingerprint density at radius 1 is 1.26 bits per heavy atom. The van der Waals surface area contributed by atoms with Crippen LogP contribution < -0.4 is 4.74 Å². The van der Waals surface area contributed by atoms with Crippen molar-refractivity contribution in [2.75, 3.05) is 0 Å². The lowest BCUT2D eigenvalue weighted by Gasteiger charge is -2.10. The molecule has 0 saturated carbocycles. The van der Waals surface area contributed by atoms with Gasteiger partial charge in [-0.15, -0.1) is 13.2 Å². The lowest BCUT2D eigenvalue weighted by molar-refractivity contribution is -0.274. The highest BCUT2D eigenvalue weighted by Gasteiger charge is 2.31. The Balaban J connectivity index is 2.52. The van der Waals surface area contributed by atoms with E-state index in [1.165, 1.54) is 25.1 Å². The summed E-state index contributed by atoms with van der Waals surface area (Å²) >= 11 is 0. The molecule has 19 heavy (non-hydrogen) atoms. The first-order valence-corrected chi connectivity index (χ1v) is 5.44. The molecule has 1 heterocycles. The molecule has 100 valence electrons. The number of carbonyl (C=O) groups excluding carboxylic acids is 1. The molecular weight excluding hydrogens is 259 g/mol. The van der Waals surface area contributed by atoms with Crippen LogP contribution in [0.1, 0.15) is 23.0 Å². The van der Waals surface area contributed by atoms with Crippen LogP contribution in [0.5, 0.6) is 5.75 Å². The van der Waals surface area contributed by atoms with Gasteiger partial charge in [0.25, 0.3) is 0 Å². The standard InChI is InChI=1S/C13H10F3NO2/c1-7-5-12(8(2)18)17-11-4-3-9(6-10(7)11)19-13(14,15)16/h3-6H,1-2H3. The van der Waals surface area contributed by atoms with E-state index >= 15 is 0 Å². The summed E-state index contributed by atoms with van der Waals surface area (Å²) in [5.41, 5.74) is 1.41. The van der Waals surface area contributed by atoms with E-state index in [0.717, 1.165) is 0 Å². The van der Waals surface area contributed by atoms with E-state index in [-0.39, 0.29) is 17.2 Å². The molecule has 1 aromatic heterocycles. The monoisotopic (exact) mass is 269 g/mol. The maximum Gasteiger partial charge on any atom is 0.573 e. The third kappa shape index (κ3) is 3.01. The number of Topliss-reactive ketones (excluding diaryl/α,β-unsaturated/α-hetero) is 1. The molecule has 0 fully saturated rings. The van der Waals surface area contributed by atoms with Gasteiger partial charge in [-0.05, 0) is 36.8 Å². The molecule has 0 aliphatic heterocycles. The lowest BCUT2D eigenvalue weighted by Crippen LogP contribution is -2.17. The first kappa shape index (κ1) is 13.3. The fraction of sp³-hybridized carbons (Fsp3) is 0.231. The van der Waals surface area contributed by atoms with Crippen molar-refractivity contribution < 1.29 is 22.7 Å². The van der Waals surface area contributed by atoms with Gasteiger partial charge in [0, 0.05) is 12.3 Å². The molecule has 0 unspecified atom stereocenters. The van der Waals surface area contributed by atoms with E-state index in [1.54, 1.807) is 13.0 Å². The number of halogens is 3.